The molecular weight excluding hydrogens is 445 g/mol. The molecule has 9 heteroatoms. The van der Waals surface area contributed by atoms with Crippen LogP contribution in [0.25, 0.3) is 22.8 Å². The van der Waals surface area contributed by atoms with Gasteiger partial charge in [0.15, 0.2) is 0 Å². The van der Waals surface area contributed by atoms with Crippen LogP contribution < -0.4 is 10.1 Å². The van der Waals surface area contributed by atoms with Crippen molar-refractivity contribution < 1.29 is 22.4 Å². The van der Waals surface area contributed by atoms with Crippen LogP contribution in [-0.2, 0) is 12.6 Å². The maximum Gasteiger partial charge on any atom is 0.420 e. The van der Waals surface area contributed by atoms with Gasteiger partial charge in [0.1, 0.15) is 11.5 Å². The summed E-state index contributed by atoms with van der Waals surface area (Å²) in [6.07, 6.45) is 1.97. The molecule has 0 spiro atoms. The van der Waals surface area contributed by atoms with E-state index in [1.807, 2.05) is 24.4 Å². The number of rotatable bonds is 4. The first-order chi connectivity index (χ1) is 16.4. The lowest BCUT2D eigenvalue weighted by Gasteiger charge is -2.14. The predicted octanol–water partition coefficient (Wildman–Crippen LogP) is 6.87. The van der Waals surface area contributed by atoms with Crippen molar-refractivity contribution >= 4 is 5.69 Å². The average molecular weight is 464 g/mol. The molecule has 0 fully saturated rings. The Bertz CT molecular complexity index is 1360. The highest BCUT2D eigenvalue weighted by Crippen LogP contribution is 2.40. The minimum Gasteiger partial charge on any atom is -0.455 e. The predicted molar refractivity (Wildman–Crippen MR) is 120 cm³/mol. The van der Waals surface area contributed by atoms with Crippen LogP contribution in [0.15, 0.2) is 77.2 Å². The molecule has 1 aliphatic rings. The number of anilines is 1. The van der Waals surface area contributed by atoms with Crippen LogP contribution in [0.4, 0.5) is 18.9 Å². The molecule has 3 heterocycles. The van der Waals surface area contributed by atoms with E-state index in [9.17, 15) is 13.2 Å². The Hall–Kier alpha value is -4.14. The van der Waals surface area contributed by atoms with E-state index >= 15 is 0 Å². The van der Waals surface area contributed by atoms with E-state index in [-0.39, 0.29) is 23.0 Å². The molecule has 4 aromatic rings. The van der Waals surface area contributed by atoms with E-state index in [1.54, 1.807) is 6.07 Å². The summed E-state index contributed by atoms with van der Waals surface area (Å²) in [5, 5.41) is 7.27. The zero-order valence-electron chi connectivity index (χ0n) is 18.1. The second-order valence-corrected chi connectivity index (χ2v) is 7.93. The first-order valence-corrected chi connectivity index (χ1v) is 10.6. The Kier molecular flexibility index (Phi) is 5.53. The number of hydrogen-bond acceptors (Lipinski definition) is 6. The summed E-state index contributed by atoms with van der Waals surface area (Å²) in [5.41, 5.74) is 3.27. The van der Waals surface area contributed by atoms with Crippen LogP contribution >= 0.6 is 0 Å². The van der Waals surface area contributed by atoms with Crippen LogP contribution in [0.2, 0.25) is 0 Å². The summed E-state index contributed by atoms with van der Waals surface area (Å²) < 4.78 is 52.0. The summed E-state index contributed by atoms with van der Waals surface area (Å²) in [6, 6.07) is 12.5. The average Bonchev–Trinajstić information content (AvgIpc) is 3.24. The quantitative estimate of drug-likeness (QED) is 0.355. The number of alkyl halides is 3. The first-order valence-electron chi connectivity index (χ1n) is 10.6. The van der Waals surface area contributed by atoms with Crippen LogP contribution in [0, 0.1) is 0 Å². The van der Waals surface area contributed by atoms with Crippen molar-refractivity contribution in [3.05, 3.63) is 83.8 Å². The van der Waals surface area contributed by atoms with E-state index in [2.05, 4.69) is 27.4 Å². The van der Waals surface area contributed by atoms with Crippen LogP contribution in [0.3, 0.4) is 0 Å². The number of nitrogens with zero attached hydrogens (tertiary/aromatic N) is 3. The fraction of sp³-hybridized carbons (Fsp3) is 0.160. The smallest absolute Gasteiger partial charge is 0.420 e. The minimum atomic E-state index is -4.65. The van der Waals surface area contributed by atoms with E-state index in [1.165, 1.54) is 36.2 Å². The molecule has 5 rings (SSSR count). The number of aryl methyl sites for hydroxylation is 1. The Morgan fingerprint density at radius 2 is 1.88 bits per heavy atom. The lowest BCUT2D eigenvalue weighted by molar-refractivity contribution is -0.138. The number of ether oxygens (including phenoxy) is 1. The molecule has 0 atom stereocenters. The molecule has 0 radical (unpaired) electrons. The van der Waals surface area contributed by atoms with Crippen molar-refractivity contribution in [3.8, 4) is 34.3 Å². The molecule has 0 saturated carbocycles. The van der Waals surface area contributed by atoms with Gasteiger partial charge in [0.05, 0.1) is 11.8 Å². The highest BCUT2D eigenvalue weighted by atomic mass is 19.4. The van der Waals surface area contributed by atoms with Crippen molar-refractivity contribution in [2.75, 3.05) is 5.32 Å². The third-order valence-corrected chi connectivity index (χ3v) is 5.45. The molecule has 6 nitrogen and oxygen atoms in total. The lowest BCUT2D eigenvalue weighted by atomic mass is 10.0. The fourth-order valence-electron chi connectivity index (χ4n) is 3.65. The van der Waals surface area contributed by atoms with Gasteiger partial charge in [-0.1, -0.05) is 10.7 Å². The molecule has 1 N–H and O–H groups in total. The van der Waals surface area contributed by atoms with Crippen LogP contribution in [0.5, 0.6) is 11.5 Å². The molecule has 1 aliphatic heterocycles. The van der Waals surface area contributed by atoms with Crippen molar-refractivity contribution in [2.24, 2.45) is 0 Å². The monoisotopic (exact) mass is 464 g/mol. The van der Waals surface area contributed by atoms with Crippen molar-refractivity contribution in [1.29, 1.82) is 0 Å². The molecule has 0 aliphatic carbocycles. The zero-order chi connectivity index (χ0) is 23.7. The lowest BCUT2D eigenvalue weighted by Crippen LogP contribution is -2.07. The summed E-state index contributed by atoms with van der Waals surface area (Å²) in [4.78, 5) is 8.20. The van der Waals surface area contributed by atoms with E-state index < -0.39 is 11.7 Å². The Morgan fingerprint density at radius 1 is 1.03 bits per heavy atom. The maximum atomic E-state index is 13.8. The molecule has 2 aromatic carbocycles. The van der Waals surface area contributed by atoms with Gasteiger partial charge >= 0.3 is 6.18 Å². The van der Waals surface area contributed by atoms with Gasteiger partial charge in [-0.25, -0.2) is 0 Å². The van der Waals surface area contributed by atoms with Gasteiger partial charge in [-0.3, -0.25) is 4.98 Å². The number of pyridine rings is 1. The van der Waals surface area contributed by atoms with Gasteiger partial charge in [-0.05, 0) is 80.1 Å². The Morgan fingerprint density at radius 3 is 2.68 bits per heavy atom. The second kappa shape index (κ2) is 8.66. The van der Waals surface area contributed by atoms with Crippen molar-refractivity contribution in [3.63, 3.8) is 0 Å². The number of benzene rings is 2. The Balaban J connectivity index is 1.45. The third-order valence-electron chi connectivity index (χ3n) is 5.45. The van der Waals surface area contributed by atoms with Crippen LogP contribution in [-0.4, -0.2) is 15.1 Å². The van der Waals surface area contributed by atoms with Crippen molar-refractivity contribution in [1.82, 2.24) is 15.1 Å². The number of fused-ring (bicyclic) bond motifs is 1. The summed E-state index contributed by atoms with van der Waals surface area (Å²) in [5.74, 6) is 0.144. The Labute approximate surface area is 193 Å². The highest BCUT2D eigenvalue weighted by molar-refractivity contribution is 5.67. The highest BCUT2D eigenvalue weighted by Gasteiger charge is 2.35. The standard InChI is InChI=1S/C25H19F3N4O2/c1-15-4-5-16-11-17(6-8-21(16)30-13-15)23-31-24(34-32-23)18-7-9-22(20(12-18)25(26,27)28)33-19-3-2-10-29-14-19/h2-3,6-14,30H,4-5H2,1H3. The van der Waals surface area contributed by atoms with E-state index in [0.717, 1.165) is 35.7 Å². The zero-order valence-corrected chi connectivity index (χ0v) is 18.1. The molecular formula is C25H19F3N4O2. The molecule has 0 saturated heterocycles. The summed E-state index contributed by atoms with van der Waals surface area (Å²) >= 11 is 0. The van der Waals surface area contributed by atoms with Gasteiger partial charge in [-0.2, -0.15) is 18.2 Å². The maximum absolute atomic E-state index is 13.8. The van der Waals surface area contributed by atoms with Gasteiger partial charge in [0.2, 0.25) is 5.82 Å². The normalized spacial score (nSPS) is 13.5. The second-order valence-electron chi connectivity index (χ2n) is 7.93. The number of nitrogens with one attached hydrogen (secondary N) is 1. The molecule has 0 amide bonds. The van der Waals surface area contributed by atoms with Gasteiger partial charge < -0.3 is 14.6 Å². The van der Waals surface area contributed by atoms with Gasteiger partial charge in [0, 0.05) is 23.0 Å². The SMILES string of the molecule is CC1=CNc2ccc(-c3noc(-c4ccc(Oc5cccnc5)c(C(F)(F)F)c4)n3)cc2CC1. The number of aromatic nitrogens is 3. The summed E-state index contributed by atoms with van der Waals surface area (Å²) in [6.45, 7) is 2.06. The van der Waals surface area contributed by atoms with E-state index in [0.29, 0.717) is 5.82 Å². The molecule has 2 aromatic heterocycles. The third kappa shape index (κ3) is 4.50. The minimum absolute atomic E-state index is 0.0148. The van der Waals surface area contributed by atoms with Gasteiger partial charge in [0.25, 0.3) is 5.89 Å². The molecule has 0 unspecified atom stereocenters. The molecule has 172 valence electrons. The first kappa shape index (κ1) is 21.7. The van der Waals surface area contributed by atoms with Crippen molar-refractivity contribution in [2.45, 2.75) is 25.9 Å². The topological polar surface area (TPSA) is 73.1 Å². The molecule has 34 heavy (non-hydrogen) atoms. The van der Waals surface area contributed by atoms with E-state index in [4.69, 9.17) is 9.26 Å². The van der Waals surface area contributed by atoms with Crippen LogP contribution in [0.1, 0.15) is 24.5 Å². The number of halogens is 3. The molecule has 0 bridgehead atoms. The number of allylic oxidation sites excluding steroid dienone is 1. The fourth-order valence-corrected chi connectivity index (χ4v) is 3.65. The van der Waals surface area contributed by atoms with Gasteiger partial charge in [-0.15, -0.1) is 0 Å². The largest absolute Gasteiger partial charge is 0.455 e. The number of hydrogen-bond donors (Lipinski definition) is 1. The summed E-state index contributed by atoms with van der Waals surface area (Å²) in [7, 11) is 0.